The first-order valence-corrected chi connectivity index (χ1v) is 6.06. The van der Waals surface area contributed by atoms with E-state index in [-0.39, 0.29) is 0 Å². The van der Waals surface area contributed by atoms with E-state index in [1.54, 1.807) is 6.20 Å². The van der Waals surface area contributed by atoms with E-state index in [1.165, 1.54) is 0 Å². The summed E-state index contributed by atoms with van der Waals surface area (Å²) < 4.78 is 2.06. The minimum absolute atomic E-state index is 0.682. The highest BCUT2D eigenvalue weighted by molar-refractivity contribution is 5.71. The first-order valence-electron chi connectivity index (χ1n) is 6.06. The maximum absolute atomic E-state index is 10.3. The van der Waals surface area contributed by atoms with Gasteiger partial charge in [0.25, 0.3) is 0 Å². The monoisotopic (exact) mass is 245 g/mol. The topological polar surface area (TPSA) is 46.9 Å². The third kappa shape index (κ3) is 3.73. The summed E-state index contributed by atoms with van der Waals surface area (Å²) in [6.45, 7) is 6.73. The molecule has 1 N–H and O–H groups in total. The van der Waals surface area contributed by atoms with Crippen LogP contribution in [0.3, 0.4) is 0 Å². The first kappa shape index (κ1) is 14.0. The lowest BCUT2D eigenvalue weighted by molar-refractivity contribution is -0.105. The molecule has 4 nitrogen and oxygen atoms in total. The number of hydrogen-bond donors (Lipinski definition) is 1. The molecule has 0 atom stereocenters. The Labute approximate surface area is 108 Å². The fraction of sp³-hybridized carbons (Fsp3) is 0.286. The average Bonchev–Trinajstić information content (AvgIpc) is 2.79. The second-order valence-electron chi connectivity index (χ2n) is 3.56. The zero-order valence-corrected chi connectivity index (χ0v) is 11.1. The number of imidazole rings is 1. The highest BCUT2D eigenvalue weighted by atomic mass is 16.1. The van der Waals surface area contributed by atoms with Gasteiger partial charge in [0.15, 0.2) is 0 Å². The molecule has 0 radical (unpaired) electrons. The lowest BCUT2D eigenvalue weighted by Gasteiger charge is -2.06. The zero-order chi connectivity index (χ0) is 13.4. The SMILES string of the molecule is CC.Cc1nccn1Cc1cccc(NC=O)c1. The van der Waals surface area contributed by atoms with Crippen LogP contribution in [-0.4, -0.2) is 16.0 Å². The first-order chi connectivity index (χ1) is 8.79. The number of anilines is 1. The molecule has 1 aromatic heterocycles. The summed E-state index contributed by atoms with van der Waals surface area (Å²) in [5.41, 5.74) is 1.94. The Bertz CT molecular complexity index is 491. The molecule has 0 spiro atoms. The Balaban J connectivity index is 0.000000771. The smallest absolute Gasteiger partial charge is 0.211 e. The number of aromatic nitrogens is 2. The largest absolute Gasteiger partial charge is 0.331 e. The number of nitrogens with zero attached hydrogens (tertiary/aromatic N) is 2. The van der Waals surface area contributed by atoms with Crippen molar-refractivity contribution in [3.63, 3.8) is 0 Å². The molecule has 18 heavy (non-hydrogen) atoms. The van der Waals surface area contributed by atoms with Crippen LogP contribution in [0.4, 0.5) is 5.69 Å². The summed E-state index contributed by atoms with van der Waals surface area (Å²) in [5, 5.41) is 2.64. The normalized spacial score (nSPS) is 9.28. The van der Waals surface area contributed by atoms with Gasteiger partial charge in [-0.1, -0.05) is 26.0 Å². The summed E-state index contributed by atoms with van der Waals surface area (Å²) in [5.74, 6) is 0.980. The molecule has 0 fully saturated rings. The van der Waals surface area contributed by atoms with Gasteiger partial charge in [-0.2, -0.15) is 0 Å². The number of nitrogens with one attached hydrogen (secondary N) is 1. The number of amides is 1. The molecular weight excluding hydrogens is 226 g/mol. The maximum Gasteiger partial charge on any atom is 0.211 e. The third-order valence-electron chi connectivity index (χ3n) is 2.43. The Hall–Kier alpha value is -2.10. The molecule has 1 aromatic carbocycles. The van der Waals surface area contributed by atoms with Gasteiger partial charge < -0.3 is 9.88 Å². The number of benzene rings is 1. The van der Waals surface area contributed by atoms with E-state index in [0.717, 1.165) is 23.6 Å². The fourth-order valence-corrected chi connectivity index (χ4v) is 1.60. The van der Waals surface area contributed by atoms with Gasteiger partial charge >= 0.3 is 0 Å². The molecule has 2 rings (SSSR count). The predicted octanol–water partition coefficient (Wildman–Crippen LogP) is 2.83. The molecular formula is C14H19N3O. The van der Waals surface area contributed by atoms with Crippen LogP contribution in [0.15, 0.2) is 36.7 Å². The van der Waals surface area contributed by atoms with Crippen molar-refractivity contribution >= 4 is 12.1 Å². The van der Waals surface area contributed by atoms with Crippen molar-refractivity contribution in [1.82, 2.24) is 9.55 Å². The van der Waals surface area contributed by atoms with Crippen LogP contribution in [0.25, 0.3) is 0 Å². The van der Waals surface area contributed by atoms with Crippen molar-refractivity contribution in [3.05, 3.63) is 48.0 Å². The van der Waals surface area contributed by atoms with Gasteiger partial charge in [0.05, 0.1) is 0 Å². The highest BCUT2D eigenvalue weighted by Gasteiger charge is 1.99. The number of rotatable bonds is 4. The molecule has 1 heterocycles. The minimum Gasteiger partial charge on any atom is -0.331 e. The van der Waals surface area contributed by atoms with E-state index in [9.17, 15) is 4.79 Å². The molecule has 0 aliphatic carbocycles. The predicted molar refractivity (Wildman–Crippen MR) is 73.5 cm³/mol. The van der Waals surface area contributed by atoms with E-state index < -0.39 is 0 Å². The van der Waals surface area contributed by atoms with Crippen LogP contribution in [0.5, 0.6) is 0 Å². The van der Waals surface area contributed by atoms with Gasteiger partial charge in [-0.15, -0.1) is 0 Å². The van der Waals surface area contributed by atoms with E-state index in [4.69, 9.17) is 0 Å². The van der Waals surface area contributed by atoms with Crippen LogP contribution < -0.4 is 5.32 Å². The summed E-state index contributed by atoms with van der Waals surface area (Å²) in [4.78, 5) is 14.5. The van der Waals surface area contributed by atoms with Crippen molar-refractivity contribution in [2.24, 2.45) is 0 Å². The number of carbonyl (C=O) groups excluding carboxylic acids is 1. The van der Waals surface area contributed by atoms with Crippen LogP contribution in [0, 0.1) is 6.92 Å². The molecule has 0 bridgehead atoms. The van der Waals surface area contributed by atoms with Crippen LogP contribution in [0.1, 0.15) is 25.2 Å². The molecule has 96 valence electrons. The average molecular weight is 245 g/mol. The molecule has 4 heteroatoms. The van der Waals surface area contributed by atoms with Gasteiger partial charge in [-0.3, -0.25) is 4.79 Å². The molecule has 2 aromatic rings. The minimum atomic E-state index is 0.682. The molecule has 0 aliphatic heterocycles. The van der Waals surface area contributed by atoms with Crippen LogP contribution in [0.2, 0.25) is 0 Å². The number of hydrogen-bond acceptors (Lipinski definition) is 2. The quantitative estimate of drug-likeness (QED) is 0.842. The molecule has 0 aliphatic rings. The Morgan fingerprint density at radius 3 is 2.78 bits per heavy atom. The Morgan fingerprint density at radius 2 is 2.17 bits per heavy atom. The van der Waals surface area contributed by atoms with Crippen LogP contribution in [-0.2, 0) is 11.3 Å². The summed E-state index contributed by atoms with van der Waals surface area (Å²) in [6, 6.07) is 7.76. The molecule has 0 saturated carbocycles. The van der Waals surface area contributed by atoms with E-state index >= 15 is 0 Å². The van der Waals surface area contributed by atoms with E-state index in [2.05, 4.69) is 14.9 Å². The van der Waals surface area contributed by atoms with Crippen molar-refractivity contribution in [2.75, 3.05) is 5.32 Å². The molecule has 0 unspecified atom stereocenters. The summed E-state index contributed by atoms with van der Waals surface area (Å²) >= 11 is 0. The van der Waals surface area contributed by atoms with Gasteiger partial charge in [-0.05, 0) is 24.6 Å². The lowest BCUT2D eigenvalue weighted by atomic mass is 10.2. The van der Waals surface area contributed by atoms with Crippen molar-refractivity contribution in [2.45, 2.75) is 27.3 Å². The van der Waals surface area contributed by atoms with Crippen molar-refractivity contribution in [1.29, 1.82) is 0 Å². The standard InChI is InChI=1S/C12H13N3O.C2H6/c1-10-13-5-6-15(10)8-11-3-2-4-12(7-11)14-9-16;1-2/h2-7,9H,8H2,1H3,(H,14,16);1-2H3. The van der Waals surface area contributed by atoms with E-state index in [1.807, 2.05) is 51.2 Å². The van der Waals surface area contributed by atoms with Gasteiger partial charge in [0, 0.05) is 24.6 Å². The lowest BCUT2D eigenvalue weighted by Crippen LogP contribution is -2.01. The Morgan fingerprint density at radius 1 is 1.39 bits per heavy atom. The fourth-order valence-electron chi connectivity index (χ4n) is 1.60. The van der Waals surface area contributed by atoms with Gasteiger partial charge in [-0.25, -0.2) is 4.98 Å². The number of aryl methyl sites for hydroxylation is 1. The second kappa shape index (κ2) is 7.27. The Kier molecular flexibility index (Phi) is 5.64. The third-order valence-corrected chi connectivity index (χ3v) is 2.43. The number of carbonyl (C=O) groups is 1. The molecule has 0 saturated heterocycles. The van der Waals surface area contributed by atoms with Crippen molar-refractivity contribution in [3.8, 4) is 0 Å². The van der Waals surface area contributed by atoms with Gasteiger partial charge in [0.1, 0.15) is 5.82 Å². The summed E-state index contributed by atoms with van der Waals surface area (Å²) in [7, 11) is 0. The molecule has 1 amide bonds. The second-order valence-corrected chi connectivity index (χ2v) is 3.56. The van der Waals surface area contributed by atoms with E-state index in [0.29, 0.717) is 6.41 Å². The summed E-state index contributed by atoms with van der Waals surface area (Å²) in [6.07, 6.45) is 4.40. The zero-order valence-electron chi connectivity index (χ0n) is 11.1. The van der Waals surface area contributed by atoms with Gasteiger partial charge in [0.2, 0.25) is 6.41 Å². The van der Waals surface area contributed by atoms with Crippen molar-refractivity contribution < 1.29 is 4.79 Å². The highest BCUT2D eigenvalue weighted by Crippen LogP contribution is 2.11. The maximum atomic E-state index is 10.3. The van der Waals surface area contributed by atoms with Crippen LogP contribution >= 0.6 is 0 Å².